The van der Waals surface area contributed by atoms with Gasteiger partial charge in [0.05, 0.1) is 17.6 Å². The highest BCUT2D eigenvalue weighted by Gasteiger charge is 2.14. The van der Waals surface area contributed by atoms with Crippen LogP contribution >= 0.6 is 12.2 Å². The van der Waals surface area contributed by atoms with Gasteiger partial charge in [-0.1, -0.05) is 35.9 Å². The quantitative estimate of drug-likeness (QED) is 0.415. The first-order chi connectivity index (χ1) is 13.0. The van der Waals surface area contributed by atoms with Gasteiger partial charge in [0.25, 0.3) is 5.56 Å². The molecule has 2 aromatic carbocycles. The average Bonchev–Trinajstić information content (AvgIpc) is 2.87. The predicted octanol–water partition coefficient (Wildman–Crippen LogP) is 3.11. The molecule has 0 atom stereocenters. The lowest BCUT2D eigenvalue weighted by atomic mass is 10.2. The van der Waals surface area contributed by atoms with E-state index in [9.17, 15) is 4.79 Å². The van der Waals surface area contributed by atoms with Crippen molar-refractivity contribution in [2.45, 2.75) is 13.8 Å². The minimum absolute atomic E-state index is 0.0782. The van der Waals surface area contributed by atoms with Crippen LogP contribution in [0.2, 0.25) is 0 Å². The summed E-state index contributed by atoms with van der Waals surface area (Å²) in [6.07, 6.45) is 1.60. The number of anilines is 1. The highest BCUT2D eigenvalue weighted by molar-refractivity contribution is 7.80. The van der Waals surface area contributed by atoms with E-state index in [0.717, 1.165) is 11.4 Å². The zero-order chi connectivity index (χ0) is 19.4. The molecule has 0 fully saturated rings. The highest BCUT2D eigenvalue weighted by Crippen LogP contribution is 2.09. The van der Waals surface area contributed by atoms with Gasteiger partial charge in [-0.3, -0.25) is 14.9 Å². The fraction of sp³-hybridized carbons (Fsp3) is 0.150. The average molecular weight is 379 g/mol. The number of nitrogens with zero attached hydrogens (tertiary/aromatic N) is 3. The number of rotatable bonds is 4. The fourth-order valence-corrected chi connectivity index (χ4v) is 2.91. The smallest absolute Gasteiger partial charge is 0.274 e. The van der Waals surface area contributed by atoms with E-state index in [1.165, 1.54) is 5.56 Å². The number of hydrogen-bond donors (Lipinski definition) is 2. The lowest BCUT2D eigenvalue weighted by Crippen LogP contribution is -2.24. The molecular formula is C20H21N5OS. The first kappa shape index (κ1) is 18.6. The van der Waals surface area contributed by atoms with E-state index in [1.807, 2.05) is 68.6 Å². The molecular weight excluding hydrogens is 358 g/mol. The van der Waals surface area contributed by atoms with Crippen LogP contribution in [0.1, 0.15) is 16.8 Å². The Morgan fingerprint density at radius 1 is 1.07 bits per heavy atom. The van der Waals surface area contributed by atoms with Crippen molar-refractivity contribution in [2.75, 3.05) is 5.32 Å². The molecule has 0 spiro atoms. The van der Waals surface area contributed by atoms with Crippen LogP contribution in [0.5, 0.6) is 0 Å². The third-order valence-electron chi connectivity index (χ3n) is 4.21. The topological polar surface area (TPSA) is 63.4 Å². The van der Waals surface area contributed by atoms with Crippen molar-refractivity contribution in [1.82, 2.24) is 14.8 Å². The summed E-state index contributed by atoms with van der Waals surface area (Å²) in [5, 5.41) is 7.61. The van der Waals surface area contributed by atoms with Crippen molar-refractivity contribution < 1.29 is 0 Å². The predicted molar refractivity (Wildman–Crippen MR) is 114 cm³/mol. The molecule has 0 saturated carbocycles. The molecule has 3 rings (SSSR count). The van der Waals surface area contributed by atoms with E-state index in [4.69, 9.17) is 12.2 Å². The van der Waals surface area contributed by atoms with Crippen LogP contribution in [-0.4, -0.2) is 20.7 Å². The van der Waals surface area contributed by atoms with Gasteiger partial charge >= 0.3 is 0 Å². The number of aryl methyl sites for hydroxylation is 1. The van der Waals surface area contributed by atoms with Gasteiger partial charge in [-0.2, -0.15) is 5.10 Å². The lowest BCUT2D eigenvalue weighted by molar-refractivity contribution is 0.642. The number of para-hydroxylation sites is 1. The molecule has 0 bridgehead atoms. The first-order valence-electron chi connectivity index (χ1n) is 8.48. The van der Waals surface area contributed by atoms with Gasteiger partial charge in [-0.05, 0) is 50.3 Å². The monoisotopic (exact) mass is 379 g/mol. The van der Waals surface area contributed by atoms with Gasteiger partial charge in [0.2, 0.25) is 0 Å². The number of aromatic nitrogens is 2. The van der Waals surface area contributed by atoms with Gasteiger partial charge in [0.1, 0.15) is 0 Å². The summed E-state index contributed by atoms with van der Waals surface area (Å²) in [4.78, 5) is 12.6. The Kier molecular flexibility index (Phi) is 5.52. The van der Waals surface area contributed by atoms with E-state index in [-0.39, 0.29) is 5.56 Å². The van der Waals surface area contributed by atoms with E-state index in [1.54, 1.807) is 22.5 Å². The Balaban J connectivity index is 1.75. The second-order valence-corrected chi connectivity index (χ2v) is 6.58. The maximum absolute atomic E-state index is 12.6. The minimum atomic E-state index is -0.0782. The number of thiocarbonyl (C=S) groups is 1. The molecule has 1 aromatic heterocycles. The molecule has 2 N–H and O–H groups in total. The van der Waals surface area contributed by atoms with Gasteiger partial charge in [0.15, 0.2) is 5.11 Å². The molecule has 0 radical (unpaired) electrons. The van der Waals surface area contributed by atoms with E-state index in [0.29, 0.717) is 16.4 Å². The molecule has 1 heterocycles. The zero-order valence-electron chi connectivity index (χ0n) is 15.4. The van der Waals surface area contributed by atoms with Crippen molar-refractivity contribution in [3.63, 3.8) is 0 Å². The number of hydrogen-bond acceptors (Lipinski definition) is 3. The van der Waals surface area contributed by atoms with Crippen LogP contribution in [0.25, 0.3) is 5.69 Å². The van der Waals surface area contributed by atoms with Crippen molar-refractivity contribution in [2.24, 2.45) is 12.1 Å². The molecule has 7 heteroatoms. The zero-order valence-corrected chi connectivity index (χ0v) is 16.2. The van der Waals surface area contributed by atoms with Gasteiger partial charge in [-0.15, -0.1) is 0 Å². The molecule has 0 aliphatic rings. The molecule has 0 saturated heterocycles. The van der Waals surface area contributed by atoms with E-state index < -0.39 is 0 Å². The van der Waals surface area contributed by atoms with Crippen molar-refractivity contribution in [1.29, 1.82) is 0 Å². The van der Waals surface area contributed by atoms with Crippen molar-refractivity contribution in [3.8, 4) is 5.69 Å². The maximum Gasteiger partial charge on any atom is 0.274 e. The van der Waals surface area contributed by atoms with E-state index >= 15 is 0 Å². The van der Waals surface area contributed by atoms with Gasteiger partial charge in [-0.25, -0.2) is 4.68 Å². The molecule has 3 aromatic rings. The van der Waals surface area contributed by atoms with Crippen molar-refractivity contribution >= 4 is 29.2 Å². The van der Waals surface area contributed by atoms with Crippen LogP contribution in [-0.2, 0) is 7.05 Å². The summed E-state index contributed by atoms with van der Waals surface area (Å²) in [5.74, 6) is 0. The summed E-state index contributed by atoms with van der Waals surface area (Å²) in [6.45, 7) is 3.81. The van der Waals surface area contributed by atoms with Crippen LogP contribution in [0.15, 0.2) is 64.5 Å². The number of hydrazone groups is 1. The largest absolute Gasteiger partial charge is 0.331 e. The summed E-state index contributed by atoms with van der Waals surface area (Å²) < 4.78 is 3.38. The Hall–Kier alpha value is -3.19. The maximum atomic E-state index is 12.6. The Morgan fingerprint density at radius 3 is 2.41 bits per heavy atom. The fourth-order valence-electron chi connectivity index (χ4n) is 2.74. The van der Waals surface area contributed by atoms with E-state index in [2.05, 4.69) is 15.8 Å². The second kappa shape index (κ2) is 8.01. The van der Waals surface area contributed by atoms with Crippen molar-refractivity contribution in [3.05, 3.63) is 81.8 Å². The number of benzene rings is 2. The third kappa shape index (κ3) is 4.15. The molecule has 6 nitrogen and oxygen atoms in total. The number of nitrogens with one attached hydrogen (secondary N) is 2. The first-order valence-corrected chi connectivity index (χ1v) is 8.89. The third-order valence-corrected chi connectivity index (χ3v) is 4.40. The van der Waals surface area contributed by atoms with Crippen LogP contribution in [0.4, 0.5) is 5.69 Å². The van der Waals surface area contributed by atoms with Crippen LogP contribution in [0.3, 0.4) is 0 Å². The highest BCUT2D eigenvalue weighted by atomic mass is 32.1. The summed E-state index contributed by atoms with van der Waals surface area (Å²) in [7, 11) is 1.83. The minimum Gasteiger partial charge on any atom is -0.331 e. The van der Waals surface area contributed by atoms with Crippen LogP contribution in [0, 0.1) is 13.8 Å². The summed E-state index contributed by atoms with van der Waals surface area (Å²) in [6, 6.07) is 17.4. The molecule has 0 aliphatic heterocycles. The summed E-state index contributed by atoms with van der Waals surface area (Å²) in [5.41, 5.74) is 6.88. The molecule has 0 unspecified atom stereocenters. The summed E-state index contributed by atoms with van der Waals surface area (Å²) >= 11 is 5.25. The Bertz CT molecular complexity index is 1030. The van der Waals surface area contributed by atoms with Gasteiger partial charge < -0.3 is 5.32 Å². The standard InChI is InChI=1S/C20H21N5OS/c1-14-9-11-16(12-10-14)22-20(27)23-21-13-18-15(2)19(26)25(24(18)3)17-7-5-4-6-8-17/h4-13H,1-3H3,(H2,22,23,27)/b21-13-. The normalized spacial score (nSPS) is 10.9. The molecule has 138 valence electrons. The Labute approximate surface area is 163 Å². The molecule has 0 aliphatic carbocycles. The second-order valence-electron chi connectivity index (χ2n) is 6.18. The molecule has 0 amide bonds. The Morgan fingerprint density at radius 2 is 1.74 bits per heavy atom. The van der Waals surface area contributed by atoms with Gasteiger partial charge in [0, 0.05) is 18.3 Å². The lowest BCUT2D eigenvalue weighted by Gasteiger charge is -2.08. The molecule has 27 heavy (non-hydrogen) atoms. The van der Waals surface area contributed by atoms with Crippen LogP contribution < -0.4 is 16.3 Å². The SMILES string of the molecule is Cc1ccc(NC(=S)N/N=C\c2c(C)c(=O)n(-c3ccccc3)n2C)cc1.